The van der Waals surface area contributed by atoms with Crippen LogP contribution in [0.5, 0.6) is 0 Å². The molecule has 0 radical (unpaired) electrons. The Morgan fingerprint density at radius 2 is 1.86 bits per heavy atom. The molecule has 1 N–H and O–H groups in total. The molecular formula is C20H23N3O4S2. The number of carbonyl (C=O) groups excluding carboxylic acids is 1. The summed E-state index contributed by atoms with van der Waals surface area (Å²) in [6.45, 7) is 5.92. The van der Waals surface area contributed by atoms with Gasteiger partial charge in [-0.3, -0.25) is 18.5 Å². The van der Waals surface area contributed by atoms with Gasteiger partial charge in [0.2, 0.25) is 15.9 Å². The van der Waals surface area contributed by atoms with E-state index >= 15 is 0 Å². The fraction of sp³-hybridized carbons (Fsp3) is 0.300. The number of rotatable bonds is 6. The zero-order chi connectivity index (χ0) is 21.3. The summed E-state index contributed by atoms with van der Waals surface area (Å²) >= 11 is 1.11. The molecule has 0 bridgehead atoms. The average Bonchev–Trinajstić information content (AvgIpc) is 2.96. The number of fused-ring (bicyclic) bond motifs is 1. The molecule has 3 aromatic rings. The summed E-state index contributed by atoms with van der Waals surface area (Å²) in [4.78, 5) is 24.8. The quantitative estimate of drug-likeness (QED) is 0.647. The number of hydrogen-bond donors (Lipinski definition) is 1. The minimum absolute atomic E-state index is 0.0537. The van der Waals surface area contributed by atoms with Crippen LogP contribution >= 0.6 is 11.3 Å². The van der Waals surface area contributed by atoms with Crippen LogP contribution in [0.1, 0.15) is 19.4 Å². The summed E-state index contributed by atoms with van der Waals surface area (Å²) in [5.74, 6) is -0.461. The number of anilines is 2. The second-order valence-electron chi connectivity index (χ2n) is 6.85. The number of nitrogens with zero attached hydrogens (tertiary/aromatic N) is 2. The molecule has 0 saturated carbocycles. The molecule has 0 spiro atoms. The number of aromatic nitrogens is 1. The summed E-state index contributed by atoms with van der Waals surface area (Å²) in [6, 6.07) is 11.2. The van der Waals surface area contributed by atoms with Crippen LogP contribution in [0.25, 0.3) is 10.2 Å². The van der Waals surface area contributed by atoms with Gasteiger partial charge >= 0.3 is 4.87 Å². The van der Waals surface area contributed by atoms with Gasteiger partial charge < -0.3 is 5.32 Å². The Balaban J connectivity index is 1.89. The number of amides is 1. The Labute approximate surface area is 173 Å². The smallest absolute Gasteiger partial charge is 0.308 e. The second-order valence-corrected chi connectivity index (χ2v) is 9.71. The lowest BCUT2D eigenvalue weighted by molar-refractivity contribution is -0.116. The molecule has 0 aliphatic carbocycles. The highest BCUT2D eigenvalue weighted by Gasteiger charge is 2.29. The fourth-order valence-corrected chi connectivity index (χ4v) is 5.36. The van der Waals surface area contributed by atoms with Crippen LogP contribution in [0.2, 0.25) is 0 Å². The van der Waals surface area contributed by atoms with Gasteiger partial charge in [-0.25, -0.2) is 8.42 Å². The fourth-order valence-electron chi connectivity index (χ4n) is 3.19. The van der Waals surface area contributed by atoms with Crippen LogP contribution < -0.4 is 14.5 Å². The Morgan fingerprint density at radius 3 is 2.45 bits per heavy atom. The van der Waals surface area contributed by atoms with E-state index in [2.05, 4.69) is 5.32 Å². The first kappa shape index (κ1) is 21.1. The van der Waals surface area contributed by atoms with Gasteiger partial charge in [-0.1, -0.05) is 29.0 Å². The van der Waals surface area contributed by atoms with E-state index in [-0.39, 0.29) is 4.87 Å². The molecule has 0 fully saturated rings. The van der Waals surface area contributed by atoms with E-state index in [1.807, 2.05) is 13.8 Å². The van der Waals surface area contributed by atoms with Crippen molar-refractivity contribution in [3.8, 4) is 0 Å². The molecule has 9 heteroatoms. The molecule has 1 amide bonds. The number of benzene rings is 2. The van der Waals surface area contributed by atoms with Gasteiger partial charge in [0, 0.05) is 12.2 Å². The van der Waals surface area contributed by atoms with E-state index in [0.717, 1.165) is 37.7 Å². The molecule has 2 aromatic carbocycles. The van der Waals surface area contributed by atoms with Crippen molar-refractivity contribution in [2.45, 2.75) is 33.4 Å². The van der Waals surface area contributed by atoms with Crippen LogP contribution in [-0.4, -0.2) is 31.2 Å². The lowest BCUT2D eigenvalue weighted by Gasteiger charge is -2.28. The van der Waals surface area contributed by atoms with Crippen molar-refractivity contribution in [3.05, 3.63) is 57.7 Å². The van der Waals surface area contributed by atoms with Gasteiger partial charge in [-0.15, -0.1) is 0 Å². The normalized spacial score (nSPS) is 12.7. The van der Waals surface area contributed by atoms with E-state index in [9.17, 15) is 18.0 Å². The lowest BCUT2D eigenvalue weighted by atomic mass is 10.2. The van der Waals surface area contributed by atoms with Gasteiger partial charge in [0.15, 0.2) is 0 Å². The highest BCUT2D eigenvalue weighted by Crippen LogP contribution is 2.24. The Hall–Kier alpha value is -2.65. The summed E-state index contributed by atoms with van der Waals surface area (Å²) in [5.41, 5.74) is 2.74. The summed E-state index contributed by atoms with van der Waals surface area (Å²) in [6.07, 6.45) is 1.08. The van der Waals surface area contributed by atoms with E-state index in [0.29, 0.717) is 17.9 Å². The van der Waals surface area contributed by atoms with Crippen LogP contribution in [-0.2, 0) is 21.4 Å². The topological polar surface area (TPSA) is 88.5 Å². The highest BCUT2D eigenvalue weighted by atomic mass is 32.2. The Morgan fingerprint density at radius 1 is 1.21 bits per heavy atom. The number of carbonyl (C=O) groups is 1. The van der Waals surface area contributed by atoms with Crippen molar-refractivity contribution < 1.29 is 13.2 Å². The van der Waals surface area contributed by atoms with Crippen LogP contribution in [0.15, 0.2) is 47.3 Å². The van der Waals surface area contributed by atoms with E-state index in [1.54, 1.807) is 54.0 Å². The monoisotopic (exact) mass is 433 g/mol. The van der Waals surface area contributed by atoms with Crippen molar-refractivity contribution in [2.24, 2.45) is 0 Å². The molecule has 0 aliphatic heterocycles. The van der Waals surface area contributed by atoms with E-state index in [1.165, 1.54) is 0 Å². The van der Waals surface area contributed by atoms with Crippen LogP contribution in [0.3, 0.4) is 0 Å². The molecule has 1 atom stereocenters. The number of sulfonamides is 1. The van der Waals surface area contributed by atoms with E-state index in [4.69, 9.17) is 0 Å². The van der Waals surface area contributed by atoms with Gasteiger partial charge in [0.05, 0.1) is 22.2 Å². The molecular weight excluding hydrogens is 410 g/mol. The first-order valence-corrected chi connectivity index (χ1v) is 11.8. The molecule has 1 heterocycles. The van der Waals surface area contributed by atoms with Crippen molar-refractivity contribution in [2.75, 3.05) is 15.9 Å². The predicted molar refractivity (Wildman–Crippen MR) is 118 cm³/mol. The van der Waals surface area contributed by atoms with Gasteiger partial charge in [0.25, 0.3) is 0 Å². The molecule has 154 valence electrons. The third-order valence-corrected chi connectivity index (χ3v) is 6.81. The number of nitrogens with one attached hydrogen (secondary N) is 1. The Bertz CT molecular complexity index is 1210. The predicted octanol–water partition coefficient (Wildman–Crippen LogP) is 3.18. The summed E-state index contributed by atoms with van der Waals surface area (Å²) < 4.78 is 28.3. The lowest BCUT2D eigenvalue weighted by Crippen LogP contribution is -2.45. The minimum Gasteiger partial charge on any atom is -0.324 e. The third-order valence-electron chi connectivity index (χ3n) is 4.63. The van der Waals surface area contributed by atoms with Crippen molar-refractivity contribution in [3.63, 3.8) is 0 Å². The summed E-state index contributed by atoms with van der Waals surface area (Å²) in [7, 11) is -3.68. The first-order valence-electron chi connectivity index (χ1n) is 9.12. The van der Waals surface area contributed by atoms with Gasteiger partial charge in [-0.2, -0.15) is 0 Å². The molecule has 7 nitrogen and oxygen atoms in total. The van der Waals surface area contributed by atoms with Crippen molar-refractivity contribution in [1.29, 1.82) is 0 Å². The zero-order valence-corrected chi connectivity index (χ0v) is 18.3. The Kier molecular flexibility index (Phi) is 5.81. The van der Waals surface area contributed by atoms with Gasteiger partial charge in [-0.05, 0) is 51.1 Å². The SMILES string of the molecule is CCn1c(=O)sc2cc(NC(=O)[C@@H](C)N(c3ccc(C)cc3)S(C)(=O)=O)ccc21. The highest BCUT2D eigenvalue weighted by molar-refractivity contribution is 7.92. The number of aryl methyl sites for hydroxylation is 2. The standard InChI is InChI=1S/C20H23N3O4S2/c1-5-22-17-11-8-15(12-18(17)28-20(22)25)21-19(24)14(3)23(29(4,26)27)16-9-6-13(2)7-10-16/h6-12,14H,5H2,1-4H3,(H,21,24)/t14-/m1/s1. The molecule has 29 heavy (non-hydrogen) atoms. The minimum atomic E-state index is -3.68. The maximum atomic E-state index is 12.8. The third kappa shape index (κ3) is 4.35. The molecule has 1 aromatic heterocycles. The van der Waals surface area contributed by atoms with Crippen LogP contribution in [0, 0.1) is 6.92 Å². The molecule has 0 unspecified atom stereocenters. The largest absolute Gasteiger partial charge is 0.324 e. The number of hydrogen-bond acceptors (Lipinski definition) is 5. The summed E-state index contributed by atoms with van der Waals surface area (Å²) in [5, 5.41) is 2.76. The van der Waals surface area contributed by atoms with Crippen LogP contribution in [0.4, 0.5) is 11.4 Å². The van der Waals surface area contributed by atoms with Gasteiger partial charge in [0.1, 0.15) is 6.04 Å². The van der Waals surface area contributed by atoms with E-state index < -0.39 is 22.0 Å². The molecule has 3 rings (SSSR count). The molecule has 0 saturated heterocycles. The van der Waals surface area contributed by atoms with Crippen molar-refractivity contribution in [1.82, 2.24) is 4.57 Å². The maximum Gasteiger partial charge on any atom is 0.308 e. The number of thiazole rings is 1. The zero-order valence-electron chi connectivity index (χ0n) is 16.7. The molecule has 0 aliphatic rings. The second kappa shape index (κ2) is 8.00. The first-order chi connectivity index (χ1) is 13.6. The maximum absolute atomic E-state index is 12.8. The van der Waals surface area contributed by atoms with Crippen molar-refractivity contribution >= 4 is 48.9 Å². The average molecular weight is 434 g/mol.